The Morgan fingerprint density at radius 3 is 2.31 bits per heavy atom. The maximum atomic E-state index is 11.3. The van der Waals surface area contributed by atoms with Gasteiger partial charge in [-0.25, -0.2) is 0 Å². The molecule has 0 aliphatic heterocycles. The van der Waals surface area contributed by atoms with E-state index >= 15 is 0 Å². The zero-order chi connectivity index (χ0) is 9.84. The maximum absolute atomic E-state index is 11.3. The normalized spacial score (nSPS) is 12.5. The van der Waals surface area contributed by atoms with E-state index in [0.717, 1.165) is 5.56 Å². The van der Waals surface area contributed by atoms with Gasteiger partial charge in [-0.2, -0.15) is 0 Å². The van der Waals surface area contributed by atoms with Gasteiger partial charge >= 0.3 is 0 Å². The summed E-state index contributed by atoms with van der Waals surface area (Å²) >= 11 is 3.48. The summed E-state index contributed by atoms with van der Waals surface area (Å²) in [6.07, 6.45) is 0.573. The van der Waals surface area contributed by atoms with Crippen molar-refractivity contribution in [2.75, 3.05) is 0 Å². The molecule has 0 radical (unpaired) electrons. The molecule has 1 aromatic rings. The van der Waals surface area contributed by atoms with Crippen molar-refractivity contribution < 1.29 is 4.79 Å². The third kappa shape index (κ3) is 2.66. The van der Waals surface area contributed by atoms with Gasteiger partial charge in [0.25, 0.3) is 0 Å². The Hall–Kier alpha value is -0.630. The van der Waals surface area contributed by atoms with Crippen molar-refractivity contribution in [3.05, 3.63) is 35.4 Å². The first-order valence-electron chi connectivity index (χ1n) is 4.42. The molecule has 1 unspecified atom stereocenters. The highest BCUT2D eigenvalue weighted by atomic mass is 79.9. The minimum Gasteiger partial charge on any atom is -0.294 e. The van der Waals surface area contributed by atoms with Crippen LogP contribution >= 0.6 is 15.9 Å². The minimum absolute atomic E-state index is 0.203. The molecule has 13 heavy (non-hydrogen) atoms. The fourth-order valence-electron chi connectivity index (χ4n) is 1.14. The summed E-state index contributed by atoms with van der Waals surface area (Å²) in [5, 5.41) is 0. The summed E-state index contributed by atoms with van der Waals surface area (Å²) in [6, 6.07) is 7.75. The van der Waals surface area contributed by atoms with Crippen LogP contribution in [0.2, 0.25) is 0 Å². The molecule has 0 fully saturated rings. The standard InChI is InChI=1S/C11H13BrO/c1-3-11(13)10-6-4-9(5-7-10)8(2)12/h4-8H,3H2,1-2H3. The van der Waals surface area contributed by atoms with E-state index in [4.69, 9.17) is 0 Å². The molecule has 0 saturated heterocycles. The van der Waals surface area contributed by atoms with Gasteiger partial charge < -0.3 is 0 Å². The highest BCUT2D eigenvalue weighted by Gasteiger charge is 2.04. The molecule has 0 saturated carbocycles. The fraction of sp³-hybridized carbons (Fsp3) is 0.364. The van der Waals surface area contributed by atoms with Crippen LogP contribution in [0.5, 0.6) is 0 Å². The predicted molar refractivity (Wildman–Crippen MR) is 58.4 cm³/mol. The van der Waals surface area contributed by atoms with E-state index in [1.807, 2.05) is 31.2 Å². The Morgan fingerprint density at radius 2 is 1.92 bits per heavy atom. The number of alkyl halides is 1. The van der Waals surface area contributed by atoms with Crippen LogP contribution in [-0.2, 0) is 0 Å². The first-order chi connectivity index (χ1) is 6.15. The van der Waals surface area contributed by atoms with Crippen LogP contribution in [0.25, 0.3) is 0 Å². The molecule has 1 atom stereocenters. The summed E-state index contributed by atoms with van der Waals surface area (Å²) in [4.78, 5) is 11.6. The summed E-state index contributed by atoms with van der Waals surface area (Å²) < 4.78 is 0. The van der Waals surface area contributed by atoms with Crippen molar-refractivity contribution >= 4 is 21.7 Å². The molecule has 0 aliphatic carbocycles. The zero-order valence-electron chi connectivity index (χ0n) is 7.88. The average molecular weight is 241 g/mol. The Bertz CT molecular complexity index is 287. The molecule has 0 N–H and O–H groups in total. The molecular formula is C11H13BrO. The second kappa shape index (κ2) is 4.56. The Morgan fingerprint density at radius 1 is 1.38 bits per heavy atom. The lowest BCUT2D eigenvalue weighted by Crippen LogP contribution is -1.96. The van der Waals surface area contributed by atoms with Gasteiger partial charge in [0.05, 0.1) is 0 Å². The molecule has 0 bridgehead atoms. The van der Waals surface area contributed by atoms with E-state index in [1.54, 1.807) is 0 Å². The van der Waals surface area contributed by atoms with Crippen LogP contribution in [0.3, 0.4) is 0 Å². The second-order valence-corrected chi connectivity index (χ2v) is 4.39. The molecule has 1 nitrogen and oxygen atoms in total. The van der Waals surface area contributed by atoms with Crippen LogP contribution in [-0.4, -0.2) is 5.78 Å². The number of carbonyl (C=O) groups is 1. The first kappa shape index (κ1) is 10.5. The molecule has 1 aromatic carbocycles. The lowest BCUT2D eigenvalue weighted by atomic mass is 10.1. The van der Waals surface area contributed by atoms with Crippen molar-refractivity contribution in [2.45, 2.75) is 25.1 Å². The summed E-state index contributed by atoms with van der Waals surface area (Å²) in [5.41, 5.74) is 2.01. The molecule has 70 valence electrons. The smallest absolute Gasteiger partial charge is 0.162 e. The number of benzene rings is 1. The van der Waals surface area contributed by atoms with Gasteiger partial charge in [-0.1, -0.05) is 47.1 Å². The molecule has 0 heterocycles. The number of Topliss-reactive ketones (excluding diaryl/α,β-unsaturated/α-hetero) is 1. The van der Waals surface area contributed by atoms with Crippen LogP contribution in [0.15, 0.2) is 24.3 Å². The molecule has 0 aromatic heterocycles. The van der Waals surface area contributed by atoms with Crippen molar-refractivity contribution in [3.8, 4) is 0 Å². The van der Waals surface area contributed by atoms with E-state index in [9.17, 15) is 4.79 Å². The predicted octanol–water partition coefficient (Wildman–Crippen LogP) is 3.74. The van der Waals surface area contributed by atoms with E-state index in [-0.39, 0.29) is 5.78 Å². The monoisotopic (exact) mass is 240 g/mol. The van der Waals surface area contributed by atoms with E-state index in [2.05, 4.69) is 22.9 Å². The van der Waals surface area contributed by atoms with Gasteiger partial charge in [0, 0.05) is 16.8 Å². The Labute approximate surface area is 87.3 Å². The first-order valence-corrected chi connectivity index (χ1v) is 5.34. The van der Waals surface area contributed by atoms with Gasteiger partial charge in [-0.3, -0.25) is 4.79 Å². The van der Waals surface area contributed by atoms with Gasteiger partial charge in [0.15, 0.2) is 5.78 Å². The fourth-order valence-corrected chi connectivity index (χ4v) is 1.44. The molecule has 0 amide bonds. The third-order valence-corrected chi connectivity index (χ3v) is 2.54. The number of rotatable bonds is 3. The average Bonchev–Trinajstić information content (AvgIpc) is 2.17. The molecular weight excluding hydrogens is 228 g/mol. The third-order valence-electron chi connectivity index (χ3n) is 2.01. The molecule has 1 rings (SSSR count). The van der Waals surface area contributed by atoms with Gasteiger partial charge in [-0.05, 0) is 12.5 Å². The quantitative estimate of drug-likeness (QED) is 0.582. The topological polar surface area (TPSA) is 17.1 Å². The highest BCUT2D eigenvalue weighted by molar-refractivity contribution is 9.09. The van der Waals surface area contributed by atoms with Crippen LogP contribution < -0.4 is 0 Å². The largest absolute Gasteiger partial charge is 0.294 e. The van der Waals surface area contributed by atoms with Crippen LogP contribution in [0.1, 0.15) is 41.0 Å². The van der Waals surface area contributed by atoms with Crippen molar-refractivity contribution in [2.24, 2.45) is 0 Å². The maximum Gasteiger partial charge on any atom is 0.162 e. The zero-order valence-corrected chi connectivity index (χ0v) is 9.47. The molecule has 2 heteroatoms. The van der Waals surface area contributed by atoms with E-state index in [1.165, 1.54) is 5.56 Å². The van der Waals surface area contributed by atoms with Crippen LogP contribution in [0, 0.1) is 0 Å². The number of hydrogen-bond donors (Lipinski definition) is 0. The minimum atomic E-state index is 0.203. The van der Waals surface area contributed by atoms with Gasteiger partial charge in [0.1, 0.15) is 0 Å². The van der Waals surface area contributed by atoms with Crippen molar-refractivity contribution in [1.29, 1.82) is 0 Å². The van der Waals surface area contributed by atoms with E-state index in [0.29, 0.717) is 11.2 Å². The number of hydrogen-bond acceptors (Lipinski definition) is 1. The van der Waals surface area contributed by atoms with E-state index < -0.39 is 0 Å². The van der Waals surface area contributed by atoms with Crippen molar-refractivity contribution in [1.82, 2.24) is 0 Å². The van der Waals surface area contributed by atoms with Crippen LogP contribution in [0.4, 0.5) is 0 Å². The molecule has 0 spiro atoms. The number of halogens is 1. The Balaban J connectivity index is 2.87. The van der Waals surface area contributed by atoms with Crippen molar-refractivity contribution in [3.63, 3.8) is 0 Å². The van der Waals surface area contributed by atoms with Gasteiger partial charge in [0.2, 0.25) is 0 Å². The van der Waals surface area contributed by atoms with Gasteiger partial charge in [-0.15, -0.1) is 0 Å². The number of carbonyl (C=O) groups excluding carboxylic acids is 1. The lowest BCUT2D eigenvalue weighted by Gasteiger charge is -2.04. The summed E-state index contributed by atoms with van der Waals surface area (Å²) in [7, 11) is 0. The summed E-state index contributed by atoms with van der Waals surface area (Å²) in [6.45, 7) is 3.94. The Kier molecular flexibility index (Phi) is 3.67. The lowest BCUT2D eigenvalue weighted by molar-refractivity contribution is 0.0988. The summed E-state index contributed by atoms with van der Waals surface area (Å²) in [5.74, 6) is 0.203. The highest BCUT2D eigenvalue weighted by Crippen LogP contribution is 2.21. The number of ketones is 1. The second-order valence-electron chi connectivity index (χ2n) is 3.01. The SMILES string of the molecule is CCC(=O)c1ccc(C(C)Br)cc1. The molecule has 0 aliphatic rings.